The van der Waals surface area contributed by atoms with Crippen molar-refractivity contribution in [1.29, 1.82) is 0 Å². The standard InChI is InChI=1S/C14H20N4O6.Li/c1-14(2,3)24-13(21)16-6-4-9(5-7-16)17-8-10(18(22)23)11(15-17)12(19)20;/h8-9H,4-7H2,1-3H3,(H,19,20);/q;+1. The van der Waals surface area contributed by atoms with E-state index in [1.807, 2.05) is 0 Å². The number of hydrogen-bond acceptors (Lipinski definition) is 6. The molecule has 0 bridgehead atoms. The molecule has 0 spiro atoms. The van der Waals surface area contributed by atoms with Crippen molar-refractivity contribution in [3.63, 3.8) is 0 Å². The van der Waals surface area contributed by atoms with Crippen molar-refractivity contribution in [2.75, 3.05) is 13.1 Å². The zero-order chi connectivity index (χ0) is 18.1. The fraction of sp³-hybridized carbons (Fsp3) is 0.643. The van der Waals surface area contributed by atoms with Gasteiger partial charge in [0.15, 0.2) is 0 Å². The predicted molar refractivity (Wildman–Crippen MR) is 81.9 cm³/mol. The summed E-state index contributed by atoms with van der Waals surface area (Å²) in [7, 11) is 0. The number of carbonyl (C=O) groups is 2. The quantitative estimate of drug-likeness (QED) is 0.425. The molecule has 0 unspecified atom stereocenters. The van der Waals surface area contributed by atoms with Gasteiger partial charge < -0.3 is 14.7 Å². The molecule has 0 aliphatic carbocycles. The van der Waals surface area contributed by atoms with Gasteiger partial charge in [0.25, 0.3) is 0 Å². The monoisotopic (exact) mass is 347 g/mol. The number of aromatic carboxylic acids is 1. The van der Waals surface area contributed by atoms with Gasteiger partial charge >= 0.3 is 36.6 Å². The summed E-state index contributed by atoms with van der Waals surface area (Å²) in [5, 5.41) is 23.7. The molecule has 10 nitrogen and oxygen atoms in total. The number of carboxylic acid groups (broad SMARTS) is 1. The largest absolute Gasteiger partial charge is 1.00 e. The Hall–Kier alpha value is -2.05. The number of nitrogens with zero attached hydrogens (tertiary/aromatic N) is 4. The molecule has 1 aromatic rings. The minimum Gasteiger partial charge on any atom is -0.476 e. The van der Waals surface area contributed by atoms with Crippen LogP contribution in [0.25, 0.3) is 0 Å². The molecule has 1 N–H and O–H groups in total. The summed E-state index contributed by atoms with van der Waals surface area (Å²) in [4.78, 5) is 34.8. The van der Waals surface area contributed by atoms with Crippen molar-refractivity contribution in [3.05, 3.63) is 22.0 Å². The summed E-state index contributed by atoms with van der Waals surface area (Å²) < 4.78 is 6.62. The van der Waals surface area contributed by atoms with Crippen LogP contribution in [0.15, 0.2) is 6.20 Å². The van der Waals surface area contributed by atoms with Crippen molar-refractivity contribution in [2.24, 2.45) is 0 Å². The van der Waals surface area contributed by atoms with Crippen molar-refractivity contribution < 1.29 is 43.2 Å². The Morgan fingerprint density at radius 1 is 1.36 bits per heavy atom. The maximum Gasteiger partial charge on any atom is 1.00 e. The Morgan fingerprint density at radius 3 is 2.32 bits per heavy atom. The van der Waals surface area contributed by atoms with Gasteiger partial charge in [0, 0.05) is 13.1 Å². The Kier molecular flexibility index (Phi) is 6.62. The van der Waals surface area contributed by atoms with Gasteiger partial charge in [-0.3, -0.25) is 14.8 Å². The second-order valence-electron chi connectivity index (χ2n) is 6.60. The molecular formula is C14H20LiN4O6+. The van der Waals surface area contributed by atoms with Crippen molar-refractivity contribution >= 4 is 17.7 Å². The third kappa shape index (κ3) is 5.21. The SMILES string of the molecule is CC(C)(C)OC(=O)N1CCC(n2cc([N+](=O)[O-])c(C(=O)O)n2)CC1.[Li+]. The second kappa shape index (κ2) is 7.89. The molecule has 2 heterocycles. The molecule has 1 aliphatic rings. The number of carbonyl (C=O) groups excluding carboxylic acids is 1. The number of ether oxygens (including phenoxy) is 1. The van der Waals surface area contributed by atoms with Gasteiger partial charge in [-0.25, -0.2) is 9.59 Å². The first-order valence-corrected chi connectivity index (χ1v) is 7.53. The Morgan fingerprint density at radius 2 is 1.92 bits per heavy atom. The summed E-state index contributed by atoms with van der Waals surface area (Å²) in [5.41, 5.74) is -1.68. The van der Waals surface area contributed by atoms with E-state index in [2.05, 4.69) is 5.10 Å². The van der Waals surface area contributed by atoms with Gasteiger partial charge in [-0.2, -0.15) is 5.10 Å². The third-order valence-electron chi connectivity index (χ3n) is 3.60. The molecule has 132 valence electrons. The molecule has 0 saturated carbocycles. The first-order chi connectivity index (χ1) is 11.1. The molecule has 2 rings (SSSR count). The molecular weight excluding hydrogens is 327 g/mol. The first kappa shape index (κ1) is 21.0. The van der Waals surface area contributed by atoms with Crippen molar-refractivity contribution in [3.8, 4) is 0 Å². The fourth-order valence-corrected chi connectivity index (χ4v) is 2.49. The van der Waals surface area contributed by atoms with Crippen LogP contribution in [-0.4, -0.2) is 55.5 Å². The van der Waals surface area contributed by atoms with Gasteiger partial charge in [0.05, 0.1) is 11.0 Å². The smallest absolute Gasteiger partial charge is 0.476 e. The average molecular weight is 347 g/mol. The molecule has 0 atom stereocenters. The maximum atomic E-state index is 12.0. The molecule has 1 aliphatic heterocycles. The van der Waals surface area contributed by atoms with E-state index < -0.39 is 34.0 Å². The number of piperidine rings is 1. The molecule has 0 radical (unpaired) electrons. The zero-order valence-corrected chi connectivity index (χ0v) is 14.8. The maximum absolute atomic E-state index is 12.0. The first-order valence-electron chi connectivity index (χ1n) is 7.53. The van der Waals surface area contributed by atoms with Crippen molar-refractivity contribution in [2.45, 2.75) is 45.3 Å². The summed E-state index contributed by atoms with van der Waals surface area (Å²) in [6.45, 7) is 6.18. The number of likely N-dealkylation sites (tertiary alicyclic amines) is 1. The molecule has 25 heavy (non-hydrogen) atoms. The van der Waals surface area contributed by atoms with Gasteiger partial charge in [0.2, 0.25) is 5.69 Å². The molecule has 0 aromatic carbocycles. The van der Waals surface area contributed by atoms with Crippen LogP contribution in [0.2, 0.25) is 0 Å². The van der Waals surface area contributed by atoms with Crippen molar-refractivity contribution in [1.82, 2.24) is 14.7 Å². The van der Waals surface area contributed by atoms with E-state index in [9.17, 15) is 19.7 Å². The predicted octanol–water partition coefficient (Wildman–Crippen LogP) is -0.934. The van der Waals surface area contributed by atoms with E-state index in [1.165, 1.54) is 4.68 Å². The number of amides is 1. The fourth-order valence-electron chi connectivity index (χ4n) is 2.49. The Labute approximate surface area is 156 Å². The van der Waals surface area contributed by atoms with E-state index in [-0.39, 0.29) is 24.9 Å². The molecule has 1 saturated heterocycles. The minimum atomic E-state index is -1.44. The van der Waals surface area contributed by atoms with Gasteiger partial charge in [-0.15, -0.1) is 0 Å². The number of aromatic nitrogens is 2. The summed E-state index contributed by atoms with van der Waals surface area (Å²) >= 11 is 0. The summed E-state index contributed by atoms with van der Waals surface area (Å²) in [6, 6.07) is -0.199. The van der Waals surface area contributed by atoms with Gasteiger partial charge in [-0.1, -0.05) is 0 Å². The van der Waals surface area contributed by atoms with Crippen LogP contribution in [0.3, 0.4) is 0 Å². The summed E-state index contributed by atoms with van der Waals surface area (Å²) in [5.74, 6) is -1.44. The zero-order valence-electron chi connectivity index (χ0n) is 14.8. The van der Waals surface area contributed by atoms with Crippen LogP contribution in [0, 0.1) is 10.1 Å². The van der Waals surface area contributed by atoms with E-state index in [0.717, 1.165) is 6.20 Å². The molecule has 11 heteroatoms. The molecule has 1 amide bonds. The van der Waals surface area contributed by atoms with Crippen LogP contribution < -0.4 is 18.9 Å². The molecule has 1 fully saturated rings. The van der Waals surface area contributed by atoms with Gasteiger partial charge in [-0.05, 0) is 33.6 Å². The second-order valence-corrected chi connectivity index (χ2v) is 6.60. The molecule has 1 aromatic heterocycles. The normalized spacial score (nSPS) is 15.4. The Bertz CT molecular complexity index is 629. The minimum absolute atomic E-state index is 0. The Balaban J connectivity index is 0.00000312. The van der Waals surface area contributed by atoms with Crippen LogP contribution in [0.1, 0.15) is 50.1 Å². The average Bonchev–Trinajstić information content (AvgIpc) is 2.91. The number of hydrogen-bond donors (Lipinski definition) is 1. The van der Waals surface area contributed by atoms with E-state index in [4.69, 9.17) is 9.84 Å². The summed E-state index contributed by atoms with van der Waals surface area (Å²) in [6.07, 6.45) is 1.75. The van der Waals surface area contributed by atoms with E-state index >= 15 is 0 Å². The number of rotatable bonds is 3. The van der Waals surface area contributed by atoms with E-state index in [1.54, 1.807) is 25.7 Å². The van der Waals surface area contributed by atoms with Crippen LogP contribution in [0.4, 0.5) is 10.5 Å². The van der Waals surface area contributed by atoms with Crippen LogP contribution >= 0.6 is 0 Å². The number of nitro groups is 1. The topological polar surface area (TPSA) is 128 Å². The van der Waals surface area contributed by atoms with Crippen LogP contribution in [0.5, 0.6) is 0 Å². The van der Waals surface area contributed by atoms with Gasteiger partial charge in [0.1, 0.15) is 11.8 Å². The van der Waals surface area contributed by atoms with E-state index in [0.29, 0.717) is 25.9 Å². The van der Waals surface area contributed by atoms with Crippen LogP contribution in [-0.2, 0) is 4.74 Å². The number of carboxylic acids is 1. The third-order valence-corrected chi connectivity index (χ3v) is 3.60.